The van der Waals surface area contributed by atoms with E-state index in [9.17, 15) is 27.9 Å². The van der Waals surface area contributed by atoms with Gasteiger partial charge in [0.1, 0.15) is 5.82 Å². The molecule has 1 aliphatic heterocycles. The molecule has 1 aromatic heterocycles. The van der Waals surface area contributed by atoms with Crippen LogP contribution in [0.2, 0.25) is 0 Å². The summed E-state index contributed by atoms with van der Waals surface area (Å²) in [5, 5.41) is 9.21. The molecule has 2 heterocycles. The number of aryl methyl sites for hydroxylation is 3. The third kappa shape index (κ3) is 7.75. The van der Waals surface area contributed by atoms with E-state index < -0.39 is 17.7 Å². The van der Waals surface area contributed by atoms with Crippen molar-refractivity contribution >= 4 is 19.6 Å². The Morgan fingerprint density at radius 3 is 2.46 bits per heavy atom. The molecule has 1 saturated heterocycles. The maximum absolute atomic E-state index is 13.8. The average Bonchev–Trinajstić information content (AvgIpc) is 2.89. The highest BCUT2D eigenvalue weighted by Gasteiger charge is 2.35. The largest absolute Gasteiger partial charge is 0.481 e. The first-order valence-electron chi connectivity index (χ1n) is 13.0. The van der Waals surface area contributed by atoms with Crippen LogP contribution in [-0.2, 0) is 41.4 Å². The summed E-state index contributed by atoms with van der Waals surface area (Å²) >= 11 is 0. The van der Waals surface area contributed by atoms with Gasteiger partial charge in [0.15, 0.2) is 0 Å². The van der Waals surface area contributed by atoms with Gasteiger partial charge in [0.2, 0.25) is 0 Å². The van der Waals surface area contributed by atoms with Crippen LogP contribution in [-0.4, -0.2) is 52.5 Å². The minimum atomic E-state index is -4.59. The highest BCUT2D eigenvalue weighted by molar-refractivity contribution is 6.64. The summed E-state index contributed by atoms with van der Waals surface area (Å²) in [4.78, 5) is 32.3. The number of hydrogen-bond acceptors (Lipinski definition) is 5. The number of rotatable bonds is 10. The molecular weight excluding hydrogens is 506 g/mol. The van der Waals surface area contributed by atoms with E-state index in [4.69, 9.17) is 0 Å². The van der Waals surface area contributed by atoms with Gasteiger partial charge < -0.3 is 14.7 Å². The van der Waals surface area contributed by atoms with E-state index in [0.29, 0.717) is 29.3 Å². The van der Waals surface area contributed by atoms with Gasteiger partial charge in [-0.2, -0.15) is 13.2 Å². The molecule has 0 spiro atoms. The molecule has 1 fully saturated rings. The van der Waals surface area contributed by atoms with Crippen LogP contribution in [0.3, 0.4) is 0 Å². The number of benzene rings is 2. The smallest absolute Gasteiger partial charge is 0.419 e. The van der Waals surface area contributed by atoms with Crippen LogP contribution >= 0.6 is 0 Å². The molecule has 2 aromatic carbocycles. The molecule has 0 aliphatic carbocycles. The van der Waals surface area contributed by atoms with E-state index in [1.807, 2.05) is 42.1 Å². The lowest BCUT2D eigenvalue weighted by atomic mass is 9.84. The lowest BCUT2D eigenvalue weighted by Crippen LogP contribution is -2.36. The first kappa shape index (κ1) is 28.5. The highest BCUT2D eigenvalue weighted by Crippen LogP contribution is 2.32. The first-order valence-corrected chi connectivity index (χ1v) is 13.0. The summed E-state index contributed by atoms with van der Waals surface area (Å²) in [5.41, 5.74) is 3.34. The van der Waals surface area contributed by atoms with Crippen molar-refractivity contribution in [3.8, 4) is 0 Å². The number of aliphatic carboxylic acids is 1. The summed E-state index contributed by atoms with van der Waals surface area (Å²) in [5.74, 6) is -0.288. The molecular formula is C29H30BF3N3O3. The molecule has 1 aliphatic rings. The van der Waals surface area contributed by atoms with Crippen LogP contribution in [0.1, 0.15) is 63.7 Å². The fourth-order valence-electron chi connectivity index (χ4n) is 5.11. The minimum Gasteiger partial charge on any atom is -0.481 e. The number of carbonyl (C=O) groups excluding carboxylic acids is 1. The number of nitrogens with zero attached hydrogens (tertiary/aromatic N) is 3. The second kappa shape index (κ2) is 12.6. The van der Waals surface area contributed by atoms with Crippen molar-refractivity contribution in [1.82, 2.24) is 14.8 Å². The van der Waals surface area contributed by atoms with Crippen LogP contribution in [0.15, 0.2) is 48.7 Å². The van der Waals surface area contributed by atoms with Crippen LogP contribution in [0.25, 0.3) is 0 Å². The molecule has 0 bridgehead atoms. The van der Waals surface area contributed by atoms with E-state index in [1.165, 1.54) is 5.56 Å². The number of carboxylic acids is 1. The molecule has 6 nitrogen and oxygen atoms in total. The summed E-state index contributed by atoms with van der Waals surface area (Å²) in [6.07, 6.45) is -0.676. The number of alkyl halides is 3. The fraction of sp³-hybridized carbons (Fsp3) is 0.379. The van der Waals surface area contributed by atoms with E-state index >= 15 is 0 Å². The van der Waals surface area contributed by atoms with E-state index in [0.717, 1.165) is 49.4 Å². The van der Waals surface area contributed by atoms with E-state index in [-0.39, 0.29) is 25.0 Å². The van der Waals surface area contributed by atoms with Gasteiger partial charge in [-0.3, -0.25) is 4.79 Å². The van der Waals surface area contributed by atoms with Gasteiger partial charge in [-0.15, -0.1) is 0 Å². The van der Waals surface area contributed by atoms with Crippen LogP contribution < -0.4 is 0 Å². The molecule has 4 rings (SSSR count). The van der Waals surface area contributed by atoms with E-state index in [2.05, 4.69) is 9.97 Å². The second-order valence-electron chi connectivity index (χ2n) is 10.0. The van der Waals surface area contributed by atoms with Gasteiger partial charge in [-0.1, -0.05) is 48.0 Å². The van der Waals surface area contributed by atoms with Crippen LogP contribution in [0, 0.1) is 6.92 Å². The number of hydrogen-bond donors (Lipinski definition) is 1. The Hall–Kier alpha value is -3.53. The highest BCUT2D eigenvalue weighted by atomic mass is 19.4. The number of piperidine rings is 1. The third-order valence-electron chi connectivity index (χ3n) is 7.17. The monoisotopic (exact) mass is 536 g/mol. The zero-order valence-corrected chi connectivity index (χ0v) is 21.7. The van der Waals surface area contributed by atoms with Crippen LogP contribution in [0.5, 0.6) is 0 Å². The SMILES string of the molecule is Cc1ccc(CC(=O)O)c(CCc2nc(Cc3ccc(C4CCN([B]C=O)CC4)cc3)ncc2C(F)(F)F)c1. The Morgan fingerprint density at radius 1 is 1.10 bits per heavy atom. The van der Waals surface area contributed by atoms with Crippen LogP contribution in [0.4, 0.5) is 13.2 Å². The van der Waals surface area contributed by atoms with Crippen molar-refractivity contribution < 1.29 is 27.9 Å². The quantitative estimate of drug-likeness (QED) is 0.296. The van der Waals surface area contributed by atoms with Gasteiger partial charge in [0.05, 0.1) is 23.9 Å². The number of aromatic nitrogens is 2. The van der Waals surface area contributed by atoms with Gasteiger partial charge >= 0.3 is 12.1 Å². The summed E-state index contributed by atoms with van der Waals surface area (Å²) < 4.78 is 41.3. The zero-order valence-electron chi connectivity index (χ0n) is 21.7. The van der Waals surface area contributed by atoms with Crippen molar-refractivity contribution in [1.29, 1.82) is 0 Å². The maximum Gasteiger partial charge on any atom is 0.419 e. The predicted octanol–water partition coefficient (Wildman–Crippen LogP) is 4.80. The maximum atomic E-state index is 13.8. The van der Waals surface area contributed by atoms with E-state index in [1.54, 1.807) is 19.5 Å². The van der Waals surface area contributed by atoms with Crippen molar-refractivity contribution in [2.45, 2.75) is 57.5 Å². The third-order valence-corrected chi connectivity index (χ3v) is 7.17. The Kier molecular flexibility index (Phi) is 9.17. The molecule has 10 heteroatoms. The topological polar surface area (TPSA) is 83.4 Å². The van der Waals surface area contributed by atoms with Gasteiger partial charge in [0.25, 0.3) is 7.41 Å². The molecule has 1 radical (unpaired) electrons. The molecule has 1 N–H and O–H groups in total. The number of halogens is 3. The molecule has 0 amide bonds. The van der Waals surface area contributed by atoms with Gasteiger partial charge in [-0.25, -0.2) is 9.97 Å². The van der Waals surface area contributed by atoms with Crippen molar-refractivity contribution in [2.24, 2.45) is 0 Å². The summed E-state index contributed by atoms with van der Waals surface area (Å²) in [6.45, 7) is 3.51. The minimum absolute atomic E-state index is 0.0135. The standard InChI is InChI=1S/C29H30BF3N3O3/c1-19-2-5-24(16-28(38)39)23(14-19)8-9-26-25(29(31,32)33)17-34-27(35-26)15-20-3-6-21(7-4-20)22-10-12-36(13-11-22)30-18-37/h2-7,14,17-18,22H,8-13,15-16H2,1H3,(H,38,39). The molecule has 0 atom stereocenters. The van der Waals surface area contributed by atoms with Crippen molar-refractivity contribution in [3.05, 3.63) is 93.6 Å². The first-order chi connectivity index (χ1) is 18.6. The van der Waals surface area contributed by atoms with Crippen molar-refractivity contribution in [2.75, 3.05) is 13.1 Å². The Morgan fingerprint density at radius 2 is 1.82 bits per heavy atom. The Balaban J connectivity index is 1.48. The lowest BCUT2D eigenvalue weighted by Gasteiger charge is -2.30. The summed E-state index contributed by atoms with van der Waals surface area (Å²) in [7, 11) is 1.58. The molecule has 39 heavy (non-hydrogen) atoms. The number of carboxylic acid groups (broad SMARTS) is 1. The second-order valence-corrected chi connectivity index (χ2v) is 10.0. The summed E-state index contributed by atoms with van der Waals surface area (Å²) in [6, 6.07) is 13.4. The lowest BCUT2D eigenvalue weighted by molar-refractivity contribution is -0.139. The van der Waals surface area contributed by atoms with Crippen molar-refractivity contribution in [3.63, 3.8) is 0 Å². The Bertz CT molecular complexity index is 1310. The van der Waals surface area contributed by atoms with Gasteiger partial charge in [0, 0.05) is 12.6 Å². The van der Waals surface area contributed by atoms with Gasteiger partial charge in [-0.05, 0) is 73.9 Å². The number of carbonyl (C=O) groups is 2. The predicted molar refractivity (Wildman–Crippen MR) is 142 cm³/mol. The molecule has 203 valence electrons. The molecule has 0 saturated carbocycles. The molecule has 0 unspecified atom stereocenters. The Labute approximate surface area is 226 Å². The average molecular weight is 536 g/mol. The molecule has 3 aromatic rings. The normalized spacial score (nSPS) is 14.8. The zero-order chi connectivity index (χ0) is 28.0. The fourth-order valence-corrected chi connectivity index (χ4v) is 5.11.